The molecule has 5 nitrogen and oxygen atoms in total. The van der Waals surface area contributed by atoms with E-state index in [9.17, 15) is 4.79 Å². The Kier molecular flexibility index (Phi) is 6.64. The Balaban J connectivity index is 2.13. The first-order chi connectivity index (χ1) is 11.8. The number of hydrogen-bond donors (Lipinski definition) is 1. The van der Waals surface area contributed by atoms with E-state index in [1.54, 1.807) is 0 Å². The van der Waals surface area contributed by atoms with Gasteiger partial charge in [-0.3, -0.25) is 4.79 Å². The van der Waals surface area contributed by atoms with Gasteiger partial charge >= 0.3 is 0 Å². The Morgan fingerprint density at radius 3 is 2.24 bits per heavy atom. The van der Waals surface area contributed by atoms with Gasteiger partial charge in [-0.1, -0.05) is 64.6 Å². The number of thioether (sulfide) groups is 1. The second-order valence-electron chi connectivity index (χ2n) is 6.77. The second-order valence-corrected chi connectivity index (χ2v) is 7.71. The fourth-order valence-electron chi connectivity index (χ4n) is 2.78. The minimum atomic E-state index is -0.0129. The molecule has 0 bridgehead atoms. The Bertz CT molecular complexity index is 711. The molecular formula is C19H28N4OS. The average Bonchev–Trinajstić information content (AvgIpc) is 2.92. The van der Waals surface area contributed by atoms with Crippen LogP contribution in [0.5, 0.6) is 0 Å². The first kappa shape index (κ1) is 19.5. The highest BCUT2D eigenvalue weighted by atomic mass is 32.2. The molecule has 0 aliphatic heterocycles. The number of nitrogens with one attached hydrogen (secondary N) is 1. The highest BCUT2D eigenvalue weighted by Crippen LogP contribution is 2.32. The summed E-state index contributed by atoms with van der Waals surface area (Å²) in [5.74, 6) is 1.94. The van der Waals surface area contributed by atoms with Gasteiger partial charge in [0.15, 0.2) is 5.16 Å². The van der Waals surface area contributed by atoms with Gasteiger partial charge in [-0.05, 0) is 23.0 Å². The van der Waals surface area contributed by atoms with E-state index in [2.05, 4.69) is 61.4 Å². The SMILES string of the molecule is CCc1nnc(SCC(=O)Nc2c(C(C)C)cccc2C(C)C)n1C. The van der Waals surface area contributed by atoms with Crippen molar-refractivity contribution in [2.45, 2.75) is 58.0 Å². The van der Waals surface area contributed by atoms with E-state index in [0.29, 0.717) is 17.6 Å². The van der Waals surface area contributed by atoms with Crippen LogP contribution in [-0.2, 0) is 18.3 Å². The largest absolute Gasteiger partial charge is 0.325 e. The van der Waals surface area contributed by atoms with Gasteiger partial charge < -0.3 is 9.88 Å². The predicted octanol–water partition coefficient (Wildman–Crippen LogP) is 4.36. The van der Waals surface area contributed by atoms with Crippen molar-refractivity contribution >= 4 is 23.4 Å². The highest BCUT2D eigenvalue weighted by molar-refractivity contribution is 7.99. The van der Waals surface area contributed by atoms with E-state index in [1.807, 2.05) is 18.5 Å². The maximum atomic E-state index is 12.5. The molecule has 0 unspecified atom stereocenters. The standard InChI is InChI=1S/C19H28N4OS/c1-7-16-21-22-19(23(16)6)25-11-17(24)20-18-14(12(2)3)9-8-10-15(18)13(4)5/h8-10,12-13H,7,11H2,1-6H3,(H,20,24). The minimum absolute atomic E-state index is 0.0129. The molecule has 0 radical (unpaired) electrons. The molecule has 2 aromatic rings. The monoisotopic (exact) mass is 360 g/mol. The van der Waals surface area contributed by atoms with Gasteiger partial charge in [0.25, 0.3) is 0 Å². The van der Waals surface area contributed by atoms with Crippen LogP contribution in [0.4, 0.5) is 5.69 Å². The molecule has 0 aliphatic carbocycles. The lowest BCUT2D eigenvalue weighted by Crippen LogP contribution is -2.18. The zero-order valence-corrected chi connectivity index (χ0v) is 16.8. The molecule has 0 spiro atoms. The van der Waals surface area contributed by atoms with Crippen LogP contribution in [0.25, 0.3) is 0 Å². The number of aromatic nitrogens is 3. The molecule has 1 heterocycles. The van der Waals surface area contributed by atoms with Crippen LogP contribution in [0.15, 0.2) is 23.4 Å². The first-order valence-corrected chi connectivity index (χ1v) is 9.77. The number of rotatable bonds is 7. The van der Waals surface area contributed by atoms with Gasteiger partial charge in [0, 0.05) is 19.2 Å². The molecule has 6 heteroatoms. The van der Waals surface area contributed by atoms with Crippen molar-refractivity contribution in [1.29, 1.82) is 0 Å². The van der Waals surface area contributed by atoms with E-state index in [4.69, 9.17) is 0 Å². The third-order valence-electron chi connectivity index (χ3n) is 4.21. The Hall–Kier alpha value is -1.82. The summed E-state index contributed by atoms with van der Waals surface area (Å²) in [5.41, 5.74) is 3.32. The molecule has 0 aliphatic rings. The number of amides is 1. The molecule has 0 atom stereocenters. The number of aryl methyl sites for hydroxylation is 1. The number of nitrogens with zero attached hydrogens (tertiary/aromatic N) is 3. The lowest BCUT2D eigenvalue weighted by Gasteiger charge is -2.20. The number of carbonyl (C=O) groups excluding carboxylic acids is 1. The molecular weight excluding hydrogens is 332 g/mol. The maximum absolute atomic E-state index is 12.5. The number of benzene rings is 1. The molecule has 0 fully saturated rings. The summed E-state index contributed by atoms with van der Waals surface area (Å²) in [4.78, 5) is 12.5. The van der Waals surface area contributed by atoms with Gasteiger partial charge in [0.1, 0.15) is 5.82 Å². The van der Waals surface area contributed by atoms with Crippen molar-refractivity contribution in [3.63, 3.8) is 0 Å². The van der Waals surface area contributed by atoms with Gasteiger partial charge in [-0.25, -0.2) is 0 Å². The van der Waals surface area contributed by atoms with Crippen LogP contribution < -0.4 is 5.32 Å². The first-order valence-electron chi connectivity index (χ1n) is 8.78. The number of anilines is 1. The van der Waals surface area contributed by atoms with E-state index in [1.165, 1.54) is 22.9 Å². The summed E-state index contributed by atoms with van der Waals surface area (Å²) in [6.07, 6.45) is 0.829. The van der Waals surface area contributed by atoms with Crippen molar-refractivity contribution < 1.29 is 4.79 Å². The normalized spacial score (nSPS) is 11.4. The summed E-state index contributed by atoms with van der Waals surface area (Å²) in [6.45, 7) is 10.6. The Morgan fingerprint density at radius 1 is 1.16 bits per heavy atom. The summed E-state index contributed by atoms with van der Waals surface area (Å²) in [7, 11) is 1.93. The summed E-state index contributed by atoms with van der Waals surface area (Å²) < 4.78 is 1.94. The molecule has 0 saturated heterocycles. The zero-order chi connectivity index (χ0) is 18.6. The third kappa shape index (κ3) is 4.63. The van der Waals surface area contributed by atoms with E-state index in [-0.39, 0.29) is 5.91 Å². The molecule has 1 N–H and O–H groups in total. The number of hydrogen-bond acceptors (Lipinski definition) is 4. The summed E-state index contributed by atoms with van der Waals surface area (Å²) in [6, 6.07) is 6.26. The second kappa shape index (κ2) is 8.52. The van der Waals surface area contributed by atoms with Gasteiger partial charge in [0.05, 0.1) is 5.75 Å². The Morgan fingerprint density at radius 2 is 1.76 bits per heavy atom. The quantitative estimate of drug-likeness (QED) is 0.746. The fraction of sp³-hybridized carbons (Fsp3) is 0.526. The average molecular weight is 361 g/mol. The van der Waals surface area contributed by atoms with Gasteiger partial charge in [-0.2, -0.15) is 0 Å². The third-order valence-corrected chi connectivity index (χ3v) is 5.23. The van der Waals surface area contributed by atoms with Crippen molar-refractivity contribution in [2.24, 2.45) is 7.05 Å². The topological polar surface area (TPSA) is 59.8 Å². The number of carbonyl (C=O) groups is 1. The zero-order valence-electron chi connectivity index (χ0n) is 16.0. The van der Waals surface area contributed by atoms with E-state index in [0.717, 1.165) is 23.1 Å². The van der Waals surface area contributed by atoms with Crippen LogP contribution in [0.1, 0.15) is 63.4 Å². The molecule has 2 rings (SSSR count). The maximum Gasteiger partial charge on any atom is 0.234 e. The van der Waals surface area contributed by atoms with E-state index >= 15 is 0 Å². The van der Waals surface area contributed by atoms with E-state index < -0.39 is 0 Å². The van der Waals surface area contributed by atoms with Crippen molar-refractivity contribution in [1.82, 2.24) is 14.8 Å². The molecule has 1 aromatic carbocycles. The minimum Gasteiger partial charge on any atom is -0.325 e. The van der Waals surface area contributed by atoms with Crippen LogP contribution in [0, 0.1) is 0 Å². The number of para-hydroxylation sites is 1. The van der Waals surface area contributed by atoms with Crippen LogP contribution in [0.2, 0.25) is 0 Å². The molecule has 1 aromatic heterocycles. The summed E-state index contributed by atoms with van der Waals surface area (Å²) >= 11 is 1.42. The predicted molar refractivity (Wildman–Crippen MR) is 104 cm³/mol. The molecule has 136 valence electrons. The van der Waals surface area contributed by atoms with Gasteiger partial charge in [0.2, 0.25) is 5.91 Å². The van der Waals surface area contributed by atoms with Crippen LogP contribution in [0.3, 0.4) is 0 Å². The van der Waals surface area contributed by atoms with Crippen LogP contribution >= 0.6 is 11.8 Å². The van der Waals surface area contributed by atoms with Crippen molar-refractivity contribution in [3.8, 4) is 0 Å². The lowest BCUT2D eigenvalue weighted by atomic mass is 9.92. The molecule has 1 amide bonds. The van der Waals surface area contributed by atoms with Crippen LogP contribution in [-0.4, -0.2) is 26.4 Å². The molecule has 0 saturated carbocycles. The lowest BCUT2D eigenvalue weighted by molar-refractivity contribution is -0.113. The Labute approximate surface area is 154 Å². The van der Waals surface area contributed by atoms with Crippen molar-refractivity contribution in [2.75, 3.05) is 11.1 Å². The highest BCUT2D eigenvalue weighted by Gasteiger charge is 2.17. The van der Waals surface area contributed by atoms with Crippen molar-refractivity contribution in [3.05, 3.63) is 35.2 Å². The van der Waals surface area contributed by atoms with Gasteiger partial charge in [-0.15, -0.1) is 10.2 Å². The summed E-state index contributed by atoms with van der Waals surface area (Å²) in [5, 5.41) is 12.2. The fourth-order valence-corrected chi connectivity index (χ4v) is 3.51. The smallest absolute Gasteiger partial charge is 0.234 e. The molecule has 25 heavy (non-hydrogen) atoms.